The number of nitrogens with two attached hydrogens (primary N) is 1. The summed E-state index contributed by atoms with van der Waals surface area (Å²) in [6, 6.07) is 9.03. The van der Waals surface area contributed by atoms with Crippen LogP contribution in [0.5, 0.6) is 5.75 Å². The molecule has 1 heterocycles. The monoisotopic (exact) mass is 349 g/mol. The number of benzene rings is 2. The van der Waals surface area contributed by atoms with Gasteiger partial charge < -0.3 is 14.8 Å². The van der Waals surface area contributed by atoms with Crippen molar-refractivity contribution < 1.29 is 28.0 Å². The summed E-state index contributed by atoms with van der Waals surface area (Å²) in [4.78, 5) is 11.7. The van der Waals surface area contributed by atoms with Crippen LogP contribution >= 0.6 is 0 Å². The first-order valence-corrected chi connectivity index (χ1v) is 7.49. The molecule has 130 valence electrons. The molecule has 7 heteroatoms. The van der Waals surface area contributed by atoms with E-state index in [-0.39, 0.29) is 17.9 Å². The molecule has 0 atom stereocenters. The fraction of sp³-hybridized carbons (Fsp3) is 0.167. The van der Waals surface area contributed by atoms with Gasteiger partial charge in [0.05, 0.1) is 5.56 Å². The Balaban J connectivity index is 1.94. The van der Waals surface area contributed by atoms with E-state index in [1.807, 2.05) is 0 Å². The fourth-order valence-corrected chi connectivity index (χ4v) is 2.59. The minimum absolute atomic E-state index is 0.193. The Morgan fingerprint density at radius 3 is 2.64 bits per heavy atom. The van der Waals surface area contributed by atoms with Gasteiger partial charge in [0, 0.05) is 23.1 Å². The van der Waals surface area contributed by atoms with Crippen LogP contribution in [-0.2, 0) is 12.7 Å². The summed E-state index contributed by atoms with van der Waals surface area (Å²) in [5.74, 6) is -0.193. The number of fused-ring (bicyclic) bond motifs is 1. The summed E-state index contributed by atoms with van der Waals surface area (Å²) in [5, 5.41) is 13.9. The summed E-state index contributed by atoms with van der Waals surface area (Å²) in [7, 11) is 0. The third-order valence-electron chi connectivity index (χ3n) is 3.90. The quantitative estimate of drug-likeness (QED) is 0.584. The molecule has 4 nitrogen and oxygen atoms in total. The van der Waals surface area contributed by atoms with Crippen LogP contribution < -0.4 is 16.0 Å². The average molecular weight is 349 g/mol. The molecule has 0 aliphatic carbocycles. The number of halogens is 3. The standard InChI is InChI=1S/C18H14F3NO3/c1-10-5-16-14(8-15(10)23)11(6-17(24)25-16)9-22-13-4-2-3-12(7-13)18(19,20)21/h2-8,22-23H,9H2,1H3. The topological polar surface area (TPSA) is 69.9 Å². The van der Waals surface area contributed by atoms with E-state index in [0.717, 1.165) is 12.1 Å². The van der Waals surface area contributed by atoms with Crippen molar-refractivity contribution in [2.45, 2.75) is 19.6 Å². The first-order chi connectivity index (χ1) is 11.7. The zero-order valence-electron chi connectivity index (χ0n) is 13.2. The first kappa shape index (κ1) is 17.0. The van der Waals surface area contributed by atoms with Crippen LogP contribution in [0.3, 0.4) is 0 Å². The van der Waals surface area contributed by atoms with Crippen LogP contribution in [0.2, 0.25) is 0 Å². The summed E-state index contributed by atoms with van der Waals surface area (Å²) in [6.45, 7) is 1.81. The molecular weight excluding hydrogens is 335 g/mol. The van der Waals surface area contributed by atoms with Gasteiger partial charge in [-0.25, -0.2) is 4.79 Å². The highest BCUT2D eigenvalue weighted by Gasteiger charge is 2.30. The molecule has 0 aliphatic rings. The van der Waals surface area contributed by atoms with Crippen LogP contribution in [0.1, 0.15) is 16.7 Å². The molecule has 0 radical (unpaired) electrons. The Kier molecular flexibility index (Phi) is 4.26. The molecule has 0 amide bonds. The van der Waals surface area contributed by atoms with Crippen molar-refractivity contribution >= 4 is 16.7 Å². The molecule has 0 saturated heterocycles. The Hall–Kier alpha value is -2.80. The second-order valence-electron chi connectivity index (χ2n) is 5.74. The van der Waals surface area contributed by atoms with Gasteiger partial charge in [-0.05, 0) is 25.1 Å². The normalized spacial score (nSPS) is 11.8. The number of hydrogen-bond donors (Lipinski definition) is 1. The van der Waals surface area contributed by atoms with E-state index in [1.54, 1.807) is 18.3 Å². The van der Waals surface area contributed by atoms with Gasteiger partial charge in [-0.15, -0.1) is 5.75 Å². The lowest BCUT2D eigenvalue weighted by Crippen LogP contribution is -2.76. The largest absolute Gasteiger partial charge is 0.872 e. The fourth-order valence-electron chi connectivity index (χ4n) is 2.59. The van der Waals surface area contributed by atoms with E-state index >= 15 is 0 Å². The van der Waals surface area contributed by atoms with Crippen molar-refractivity contribution in [2.75, 3.05) is 0 Å². The summed E-state index contributed by atoms with van der Waals surface area (Å²) in [6.07, 6.45) is -4.42. The lowest BCUT2D eigenvalue weighted by atomic mass is 10.1. The highest BCUT2D eigenvalue weighted by Crippen LogP contribution is 2.30. The van der Waals surface area contributed by atoms with Crippen molar-refractivity contribution in [1.82, 2.24) is 0 Å². The molecule has 1 aromatic heterocycles. The minimum atomic E-state index is -4.42. The van der Waals surface area contributed by atoms with Crippen LogP contribution in [0.25, 0.3) is 11.0 Å². The van der Waals surface area contributed by atoms with Gasteiger partial charge >= 0.3 is 11.8 Å². The predicted octanol–water partition coefficient (Wildman–Crippen LogP) is 2.59. The van der Waals surface area contributed by atoms with Gasteiger partial charge in [-0.2, -0.15) is 13.2 Å². The van der Waals surface area contributed by atoms with E-state index in [4.69, 9.17) is 4.42 Å². The second kappa shape index (κ2) is 6.25. The van der Waals surface area contributed by atoms with Crippen LogP contribution in [0, 0.1) is 6.92 Å². The molecule has 2 N–H and O–H groups in total. The Morgan fingerprint density at radius 2 is 1.92 bits per heavy atom. The Labute approximate surface area is 140 Å². The highest BCUT2D eigenvalue weighted by molar-refractivity contribution is 5.82. The molecule has 0 fully saturated rings. The van der Waals surface area contributed by atoms with Crippen molar-refractivity contribution in [3.8, 4) is 5.75 Å². The summed E-state index contributed by atoms with van der Waals surface area (Å²) in [5.41, 5.74) is 0.340. The van der Waals surface area contributed by atoms with Gasteiger partial charge in [0.25, 0.3) is 0 Å². The van der Waals surface area contributed by atoms with Crippen molar-refractivity contribution in [3.05, 3.63) is 69.6 Å². The lowest BCUT2D eigenvalue weighted by molar-refractivity contribution is -0.588. The maximum absolute atomic E-state index is 12.8. The number of hydrogen-bond acceptors (Lipinski definition) is 3. The lowest BCUT2D eigenvalue weighted by Gasteiger charge is -2.13. The zero-order valence-corrected chi connectivity index (χ0v) is 13.2. The van der Waals surface area contributed by atoms with E-state index in [0.29, 0.717) is 22.2 Å². The van der Waals surface area contributed by atoms with Crippen LogP contribution in [0.15, 0.2) is 51.7 Å². The molecule has 0 spiro atoms. The van der Waals surface area contributed by atoms with Crippen molar-refractivity contribution in [1.29, 1.82) is 0 Å². The van der Waals surface area contributed by atoms with Crippen molar-refractivity contribution in [2.24, 2.45) is 0 Å². The molecule has 0 saturated carbocycles. The van der Waals surface area contributed by atoms with Crippen LogP contribution in [-0.4, -0.2) is 0 Å². The molecule has 0 bridgehead atoms. The zero-order chi connectivity index (χ0) is 18.2. The second-order valence-corrected chi connectivity index (χ2v) is 5.74. The van der Waals surface area contributed by atoms with E-state index in [9.17, 15) is 23.1 Å². The average Bonchev–Trinajstić information content (AvgIpc) is 2.54. The Morgan fingerprint density at radius 1 is 1.16 bits per heavy atom. The molecule has 0 aliphatic heterocycles. The molecule has 2 aromatic carbocycles. The highest BCUT2D eigenvalue weighted by atomic mass is 19.4. The van der Waals surface area contributed by atoms with Gasteiger partial charge in [0.15, 0.2) is 0 Å². The number of aryl methyl sites for hydroxylation is 1. The molecule has 0 unspecified atom stereocenters. The van der Waals surface area contributed by atoms with E-state index in [1.165, 1.54) is 24.3 Å². The SMILES string of the molecule is Cc1cc2oc(=O)cc(C[NH2+]c3cccc(C(F)(F)F)c3)c2cc1[O-]. The molecule has 25 heavy (non-hydrogen) atoms. The molecular formula is C18H14F3NO3. The van der Waals surface area contributed by atoms with Crippen molar-refractivity contribution in [3.63, 3.8) is 0 Å². The van der Waals surface area contributed by atoms with E-state index in [2.05, 4.69) is 0 Å². The maximum atomic E-state index is 12.8. The molecule has 3 aromatic rings. The van der Waals surface area contributed by atoms with Gasteiger partial charge in [-0.1, -0.05) is 17.7 Å². The molecule has 3 rings (SSSR count). The predicted molar refractivity (Wildman–Crippen MR) is 83.4 cm³/mol. The van der Waals surface area contributed by atoms with E-state index < -0.39 is 17.4 Å². The summed E-state index contributed by atoms with van der Waals surface area (Å²) >= 11 is 0. The number of alkyl halides is 3. The van der Waals surface area contributed by atoms with Gasteiger partial charge in [-0.3, -0.25) is 0 Å². The first-order valence-electron chi connectivity index (χ1n) is 7.49. The third-order valence-corrected chi connectivity index (χ3v) is 3.90. The van der Waals surface area contributed by atoms with Gasteiger partial charge in [0.2, 0.25) is 0 Å². The number of rotatable bonds is 3. The third kappa shape index (κ3) is 3.66. The summed E-state index contributed by atoms with van der Waals surface area (Å²) < 4.78 is 43.4. The Bertz CT molecular complexity index is 993. The maximum Gasteiger partial charge on any atom is 0.416 e. The number of quaternary nitrogens is 1. The smallest absolute Gasteiger partial charge is 0.416 e. The van der Waals surface area contributed by atoms with Crippen LogP contribution in [0.4, 0.5) is 18.9 Å². The minimum Gasteiger partial charge on any atom is -0.872 e. The van der Waals surface area contributed by atoms with Gasteiger partial charge in [0.1, 0.15) is 17.8 Å².